The standard InChI is InChI=1S/C13H26N2O/c1-15(13-6-9-16-11-13)8-3-5-12-4-2-7-14-10-12/h12-14H,2-11H2,1H3. The molecule has 2 saturated heterocycles. The topological polar surface area (TPSA) is 24.5 Å². The van der Waals surface area contributed by atoms with Gasteiger partial charge in [0, 0.05) is 12.6 Å². The molecule has 0 radical (unpaired) electrons. The van der Waals surface area contributed by atoms with E-state index in [4.69, 9.17) is 4.74 Å². The van der Waals surface area contributed by atoms with Crippen molar-refractivity contribution in [1.29, 1.82) is 0 Å². The van der Waals surface area contributed by atoms with E-state index >= 15 is 0 Å². The number of likely N-dealkylation sites (N-methyl/N-ethyl adjacent to an activating group) is 1. The van der Waals surface area contributed by atoms with Crippen molar-refractivity contribution >= 4 is 0 Å². The van der Waals surface area contributed by atoms with E-state index < -0.39 is 0 Å². The van der Waals surface area contributed by atoms with Crippen LogP contribution >= 0.6 is 0 Å². The summed E-state index contributed by atoms with van der Waals surface area (Å²) in [7, 11) is 2.25. The smallest absolute Gasteiger partial charge is 0.0622 e. The first-order chi connectivity index (χ1) is 7.86. The summed E-state index contributed by atoms with van der Waals surface area (Å²) in [4.78, 5) is 2.49. The highest BCUT2D eigenvalue weighted by Crippen LogP contribution is 2.17. The van der Waals surface area contributed by atoms with Gasteiger partial charge in [-0.25, -0.2) is 0 Å². The molecular formula is C13H26N2O. The van der Waals surface area contributed by atoms with Crippen LogP contribution in [0.5, 0.6) is 0 Å². The number of ether oxygens (including phenoxy) is 1. The van der Waals surface area contributed by atoms with Gasteiger partial charge in [-0.2, -0.15) is 0 Å². The Morgan fingerprint density at radius 2 is 2.31 bits per heavy atom. The minimum atomic E-state index is 0.685. The zero-order valence-corrected chi connectivity index (χ0v) is 10.6. The molecule has 0 saturated carbocycles. The second kappa shape index (κ2) is 6.58. The number of hydrogen-bond acceptors (Lipinski definition) is 3. The van der Waals surface area contributed by atoms with Crippen LogP contribution in [-0.2, 0) is 4.74 Å². The highest BCUT2D eigenvalue weighted by Gasteiger charge is 2.20. The average molecular weight is 226 g/mol. The number of nitrogens with one attached hydrogen (secondary N) is 1. The SMILES string of the molecule is CN(CCCC1CCCNC1)C1CCOC1. The normalized spacial score (nSPS) is 31.1. The van der Waals surface area contributed by atoms with Crippen LogP contribution in [0.15, 0.2) is 0 Å². The quantitative estimate of drug-likeness (QED) is 0.768. The zero-order chi connectivity index (χ0) is 11.2. The summed E-state index contributed by atoms with van der Waals surface area (Å²) in [6.45, 7) is 5.62. The molecule has 2 aliphatic heterocycles. The van der Waals surface area contributed by atoms with Gasteiger partial charge in [-0.15, -0.1) is 0 Å². The van der Waals surface area contributed by atoms with E-state index in [1.807, 2.05) is 0 Å². The Kier molecular flexibility index (Phi) is 5.07. The lowest BCUT2D eigenvalue weighted by Crippen LogP contribution is -2.34. The molecule has 0 aromatic rings. The fourth-order valence-corrected chi connectivity index (χ4v) is 2.85. The fourth-order valence-electron chi connectivity index (χ4n) is 2.85. The van der Waals surface area contributed by atoms with E-state index in [-0.39, 0.29) is 0 Å². The molecule has 3 nitrogen and oxygen atoms in total. The van der Waals surface area contributed by atoms with Crippen LogP contribution in [0.3, 0.4) is 0 Å². The molecule has 0 aromatic heterocycles. The van der Waals surface area contributed by atoms with Gasteiger partial charge in [0.1, 0.15) is 0 Å². The van der Waals surface area contributed by atoms with Crippen LogP contribution < -0.4 is 5.32 Å². The van der Waals surface area contributed by atoms with Crippen molar-refractivity contribution < 1.29 is 4.74 Å². The van der Waals surface area contributed by atoms with E-state index in [0.29, 0.717) is 6.04 Å². The molecule has 2 fully saturated rings. The van der Waals surface area contributed by atoms with E-state index in [2.05, 4.69) is 17.3 Å². The Labute approximate surface area is 99.5 Å². The highest BCUT2D eigenvalue weighted by molar-refractivity contribution is 4.74. The predicted octanol–water partition coefficient (Wildman–Crippen LogP) is 1.49. The molecule has 0 spiro atoms. The van der Waals surface area contributed by atoms with Crippen molar-refractivity contribution in [3.63, 3.8) is 0 Å². The second-order valence-electron chi connectivity index (χ2n) is 5.35. The molecule has 2 atom stereocenters. The summed E-state index contributed by atoms with van der Waals surface area (Å²) in [5, 5.41) is 3.49. The lowest BCUT2D eigenvalue weighted by Gasteiger charge is -2.26. The summed E-state index contributed by atoms with van der Waals surface area (Å²) >= 11 is 0. The van der Waals surface area contributed by atoms with Gasteiger partial charge in [0.2, 0.25) is 0 Å². The van der Waals surface area contributed by atoms with E-state index in [1.54, 1.807) is 0 Å². The van der Waals surface area contributed by atoms with Gasteiger partial charge in [-0.05, 0) is 64.7 Å². The molecule has 0 aliphatic carbocycles. The summed E-state index contributed by atoms with van der Waals surface area (Å²) in [5.41, 5.74) is 0. The number of rotatable bonds is 5. The summed E-state index contributed by atoms with van der Waals surface area (Å²) < 4.78 is 5.42. The molecule has 0 aromatic carbocycles. The van der Waals surface area contributed by atoms with Crippen molar-refractivity contribution in [2.24, 2.45) is 5.92 Å². The third kappa shape index (κ3) is 3.72. The summed E-state index contributed by atoms with van der Waals surface area (Å²) in [6, 6.07) is 0.685. The fraction of sp³-hybridized carbons (Fsp3) is 1.00. The van der Waals surface area contributed by atoms with Gasteiger partial charge in [0.15, 0.2) is 0 Å². The zero-order valence-electron chi connectivity index (χ0n) is 10.6. The molecule has 0 bridgehead atoms. The molecule has 2 unspecified atom stereocenters. The lowest BCUT2D eigenvalue weighted by molar-refractivity contribution is 0.157. The van der Waals surface area contributed by atoms with Crippen molar-refractivity contribution in [2.45, 2.75) is 38.1 Å². The molecule has 0 amide bonds. The van der Waals surface area contributed by atoms with Crippen molar-refractivity contribution in [3.8, 4) is 0 Å². The maximum Gasteiger partial charge on any atom is 0.0622 e. The van der Waals surface area contributed by atoms with Crippen molar-refractivity contribution in [1.82, 2.24) is 10.2 Å². The van der Waals surface area contributed by atoms with E-state index in [9.17, 15) is 0 Å². The predicted molar refractivity (Wildman–Crippen MR) is 66.7 cm³/mol. The average Bonchev–Trinajstić information content (AvgIpc) is 2.84. The minimum Gasteiger partial charge on any atom is -0.380 e. The third-order valence-electron chi connectivity index (χ3n) is 4.05. The minimum absolute atomic E-state index is 0.685. The third-order valence-corrected chi connectivity index (χ3v) is 4.05. The number of piperidine rings is 1. The molecular weight excluding hydrogens is 200 g/mol. The molecule has 3 heteroatoms. The molecule has 2 rings (SSSR count). The molecule has 94 valence electrons. The van der Waals surface area contributed by atoms with Gasteiger partial charge in [0.05, 0.1) is 6.61 Å². The first-order valence-corrected chi connectivity index (χ1v) is 6.85. The van der Waals surface area contributed by atoms with Gasteiger partial charge in [-0.3, -0.25) is 0 Å². The largest absolute Gasteiger partial charge is 0.380 e. The summed E-state index contributed by atoms with van der Waals surface area (Å²) in [6.07, 6.45) is 6.77. The Bertz CT molecular complexity index is 186. The first-order valence-electron chi connectivity index (χ1n) is 6.85. The summed E-state index contributed by atoms with van der Waals surface area (Å²) in [5.74, 6) is 0.932. The Morgan fingerprint density at radius 3 is 3.00 bits per heavy atom. The van der Waals surface area contributed by atoms with Gasteiger partial charge in [0.25, 0.3) is 0 Å². The highest BCUT2D eigenvalue weighted by atomic mass is 16.5. The molecule has 2 heterocycles. The Morgan fingerprint density at radius 1 is 1.38 bits per heavy atom. The van der Waals surface area contributed by atoms with Crippen LogP contribution in [0.2, 0.25) is 0 Å². The van der Waals surface area contributed by atoms with Crippen LogP contribution in [0.25, 0.3) is 0 Å². The van der Waals surface area contributed by atoms with Gasteiger partial charge < -0.3 is 15.0 Å². The lowest BCUT2D eigenvalue weighted by atomic mass is 9.94. The maximum atomic E-state index is 5.42. The van der Waals surface area contributed by atoms with Crippen LogP contribution in [0.4, 0.5) is 0 Å². The van der Waals surface area contributed by atoms with Crippen LogP contribution in [-0.4, -0.2) is 50.8 Å². The monoisotopic (exact) mass is 226 g/mol. The van der Waals surface area contributed by atoms with Crippen molar-refractivity contribution in [3.05, 3.63) is 0 Å². The van der Waals surface area contributed by atoms with E-state index in [1.165, 1.54) is 51.7 Å². The molecule has 16 heavy (non-hydrogen) atoms. The molecule has 2 aliphatic rings. The maximum absolute atomic E-state index is 5.42. The number of hydrogen-bond donors (Lipinski definition) is 1. The van der Waals surface area contributed by atoms with Gasteiger partial charge in [-0.1, -0.05) is 0 Å². The number of nitrogens with zero attached hydrogens (tertiary/aromatic N) is 1. The Balaban J connectivity index is 1.56. The molecule has 1 N–H and O–H groups in total. The van der Waals surface area contributed by atoms with Crippen molar-refractivity contribution in [2.75, 3.05) is 39.9 Å². The Hall–Kier alpha value is -0.120. The van der Waals surface area contributed by atoms with Crippen LogP contribution in [0.1, 0.15) is 32.1 Å². The van der Waals surface area contributed by atoms with E-state index in [0.717, 1.165) is 19.1 Å². The first kappa shape index (κ1) is 12.3. The second-order valence-corrected chi connectivity index (χ2v) is 5.35. The van der Waals surface area contributed by atoms with Gasteiger partial charge >= 0.3 is 0 Å². The van der Waals surface area contributed by atoms with Crippen LogP contribution in [0, 0.1) is 5.92 Å².